The molecule has 8 heteroatoms. The minimum absolute atomic E-state index is 0.0421. The van der Waals surface area contributed by atoms with E-state index in [1.54, 1.807) is 28.8 Å². The van der Waals surface area contributed by atoms with Gasteiger partial charge >= 0.3 is 0 Å². The van der Waals surface area contributed by atoms with Gasteiger partial charge < -0.3 is 4.74 Å². The number of amides is 1. The molecule has 0 bridgehead atoms. The van der Waals surface area contributed by atoms with Crippen LogP contribution in [0.3, 0.4) is 0 Å². The summed E-state index contributed by atoms with van der Waals surface area (Å²) in [4.78, 5) is 14.5. The Kier molecular flexibility index (Phi) is 7.00. The summed E-state index contributed by atoms with van der Waals surface area (Å²) in [5, 5.41) is 1.05. The number of ether oxygens (including phenoxy) is 1. The van der Waals surface area contributed by atoms with Crippen LogP contribution in [0, 0.1) is 0 Å². The second kappa shape index (κ2) is 9.53. The van der Waals surface area contributed by atoms with Crippen LogP contribution in [0.5, 0.6) is 5.75 Å². The van der Waals surface area contributed by atoms with Crippen molar-refractivity contribution >= 4 is 78.4 Å². The molecule has 0 N–H and O–H groups in total. The van der Waals surface area contributed by atoms with Crippen LogP contribution in [0.25, 0.3) is 0 Å². The van der Waals surface area contributed by atoms with Crippen molar-refractivity contribution in [2.75, 3.05) is 10.7 Å². The molecular weight excluding hydrogens is 573 g/mol. The molecule has 4 rings (SSSR count). The molecule has 1 fully saturated rings. The molecule has 0 aliphatic carbocycles. The molecule has 1 saturated heterocycles. The molecule has 1 aliphatic heterocycles. The van der Waals surface area contributed by atoms with Crippen molar-refractivity contribution in [1.82, 2.24) is 0 Å². The molecule has 154 valence electrons. The largest absolute Gasteiger partial charge is 0.487 e. The Labute approximate surface area is 205 Å². The first-order valence-electron chi connectivity index (χ1n) is 8.98. The van der Waals surface area contributed by atoms with E-state index in [0.717, 1.165) is 25.8 Å². The van der Waals surface area contributed by atoms with Gasteiger partial charge in [0.25, 0.3) is 0 Å². The molecule has 3 aromatic carbocycles. The fraction of sp³-hybridized carbons (Fsp3) is 0.136. The van der Waals surface area contributed by atoms with Gasteiger partial charge in [-0.15, -0.1) is 11.8 Å². The molecule has 0 radical (unpaired) electrons. The van der Waals surface area contributed by atoms with Crippen molar-refractivity contribution in [1.29, 1.82) is 0 Å². The SMILES string of the molecule is O=C1CS[C@H](c2cc(Br)cc(Br)c2OCc2ccccc2Cl)N1c1ccc(Cl)cc1. The first kappa shape index (κ1) is 22.0. The van der Waals surface area contributed by atoms with Crippen LogP contribution >= 0.6 is 66.8 Å². The van der Waals surface area contributed by atoms with Crippen molar-refractivity contribution in [2.45, 2.75) is 12.0 Å². The number of benzene rings is 3. The van der Waals surface area contributed by atoms with Crippen LogP contribution in [0.15, 0.2) is 69.6 Å². The van der Waals surface area contributed by atoms with Crippen molar-refractivity contribution in [3.8, 4) is 5.75 Å². The molecule has 30 heavy (non-hydrogen) atoms. The van der Waals surface area contributed by atoms with E-state index in [1.807, 2.05) is 48.5 Å². The Balaban J connectivity index is 1.71. The van der Waals surface area contributed by atoms with Crippen molar-refractivity contribution in [3.63, 3.8) is 0 Å². The number of hydrogen-bond acceptors (Lipinski definition) is 3. The number of rotatable bonds is 5. The lowest BCUT2D eigenvalue weighted by Crippen LogP contribution is -2.28. The first-order valence-corrected chi connectivity index (χ1v) is 12.4. The first-order chi connectivity index (χ1) is 14.4. The van der Waals surface area contributed by atoms with E-state index < -0.39 is 0 Å². The van der Waals surface area contributed by atoms with Gasteiger partial charge in [0, 0.05) is 31.3 Å². The number of carbonyl (C=O) groups excluding carboxylic acids is 1. The maximum atomic E-state index is 12.7. The number of hydrogen-bond donors (Lipinski definition) is 0. The van der Waals surface area contributed by atoms with E-state index in [0.29, 0.717) is 28.2 Å². The Morgan fingerprint density at radius 1 is 1.07 bits per heavy atom. The van der Waals surface area contributed by atoms with Crippen LogP contribution < -0.4 is 9.64 Å². The number of anilines is 1. The summed E-state index contributed by atoms with van der Waals surface area (Å²) >= 11 is 21.1. The Morgan fingerprint density at radius 2 is 1.80 bits per heavy atom. The predicted octanol–water partition coefficient (Wildman–Crippen LogP) is 7.88. The fourth-order valence-corrected chi connectivity index (χ4v) is 6.09. The predicted molar refractivity (Wildman–Crippen MR) is 132 cm³/mol. The molecule has 3 aromatic rings. The van der Waals surface area contributed by atoms with E-state index in [9.17, 15) is 4.79 Å². The molecule has 1 heterocycles. The van der Waals surface area contributed by atoms with E-state index in [2.05, 4.69) is 31.9 Å². The maximum Gasteiger partial charge on any atom is 0.238 e. The van der Waals surface area contributed by atoms with Crippen LogP contribution in [0.4, 0.5) is 5.69 Å². The van der Waals surface area contributed by atoms with Crippen LogP contribution in [-0.2, 0) is 11.4 Å². The Bertz CT molecular complexity index is 1090. The van der Waals surface area contributed by atoms with Gasteiger partial charge in [-0.05, 0) is 58.4 Å². The highest BCUT2D eigenvalue weighted by molar-refractivity contribution is 9.11. The minimum Gasteiger partial charge on any atom is -0.487 e. The summed E-state index contributed by atoms with van der Waals surface area (Å²) in [5.74, 6) is 1.12. The smallest absolute Gasteiger partial charge is 0.238 e. The summed E-state index contributed by atoms with van der Waals surface area (Å²) in [7, 11) is 0. The van der Waals surface area contributed by atoms with Crippen LogP contribution in [0.2, 0.25) is 10.0 Å². The van der Waals surface area contributed by atoms with Gasteiger partial charge in [-0.1, -0.05) is 57.3 Å². The molecule has 1 atom stereocenters. The highest BCUT2D eigenvalue weighted by Gasteiger charge is 2.36. The van der Waals surface area contributed by atoms with E-state index in [1.165, 1.54) is 0 Å². The number of carbonyl (C=O) groups is 1. The molecular formula is C22H15Br2Cl2NO2S. The lowest BCUT2D eigenvalue weighted by atomic mass is 10.1. The molecule has 0 spiro atoms. The average molecular weight is 588 g/mol. The highest BCUT2D eigenvalue weighted by Crippen LogP contribution is 2.48. The van der Waals surface area contributed by atoms with Gasteiger partial charge in [0.05, 0.1) is 10.2 Å². The van der Waals surface area contributed by atoms with E-state index in [-0.39, 0.29) is 11.3 Å². The summed E-state index contributed by atoms with van der Waals surface area (Å²) in [6.45, 7) is 0.319. The molecule has 0 unspecified atom stereocenters. The molecule has 1 aliphatic rings. The standard InChI is InChI=1S/C22H15Br2Cl2NO2S/c23-14-9-17(21(18(24)10-14)29-11-13-3-1-2-4-19(13)26)22-27(20(28)12-30-22)16-7-5-15(25)6-8-16/h1-10,22H,11-12H2/t22-/m1/s1. The lowest BCUT2D eigenvalue weighted by Gasteiger charge is -2.27. The van der Waals surface area contributed by atoms with E-state index >= 15 is 0 Å². The normalized spacial score (nSPS) is 16.2. The van der Waals surface area contributed by atoms with Crippen molar-refractivity contribution in [3.05, 3.63) is 90.8 Å². The van der Waals surface area contributed by atoms with E-state index in [4.69, 9.17) is 27.9 Å². The summed E-state index contributed by atoms with van der Waals surface area (Å²) in [6, 6.07) is 18.8. The third-order valence-corrected chi connectivity index (χ3v) is 7.47. The third-order valence-electron chi connectivity index (χ3n) is 4.61. The fourth-order valence-electron chi connectivity index (χ4n) is 3.22. The zero-order valence-corrected chi connectivity index (χ0v) is 20.9. The average Bonchev–Trinajstić information content (AvgIpc) is 3.10. The summed E-state index contributed by atoms with van der Waals surface area (Å²) in [6.07, 6.45) is 0. The topological polar surface area (TPSA) is 29.5 Å². The maximum absolute atomic E-state index is 12.7. The van der Waals surface area contributed by atoms with Gasteiger partial charge in [-0.25, -0.2) is 0 Å². The summed E-state index contributed by atoms with van der Waals surface area (Å²) in [5.41, 5.74) is 2.59. The van der Waals surface area contributed by atoms with Gasteiger partial charge in [0.1, 0.15) is 17.7 Å². The van der Waals surface area contributed by atoms with Gasteiger partial charge in [-0.3, -0.25) is 9.69 Å². The minimum atomic E-state index is -0.228. The van der Waals surface area contributed by atoms with Gasteiger partial charge in [0.2, 0.25) is 5.91 Å². The number of nitrogens with zero attached hydrogens (tertiary/aromatic N) is 1. The second-order valence-corrected chi connectivity index (χ2v) is 10.3. The molecule has 3 nitrogen and oxygen atoms in total. The Morgan fingerprint density at radius 3 is 2.53 bits per heavy atom. The lowest BCUT2D eigenvalue weighted by molar-refractivity contribution is -0.115. The summed E-state index contributed by atoms with van der Waals surface area (Å²) < 4.78 is 7.91. The molecule has 0 aromatic heterocycles. The van der Waals surface area contributed by atoms with Crippen LogP contribution in [0.1, 0.15) is 16.5 Å². The van der Waals surface area contributed by atoms with Crippen molar-refractivity contribution in [2.24, 2.45) is 0 Å². The quantitative estimate of drug-likeness (QED) is 0.304. The zero-order chi connectivity index (χ0) is 21.3. The second-order valence-electron chi connectivity index (χ2n) is 6.59. The molecule has 1 amide bonds. The monoisotopic (exact) mass is 585 g/mol. The number of halogens is 4. The highest BCUT2D eigenvalue weighted by atomic mass is 79.9. The van der Waals surface area contributed by atoms with Gasteiger partial charge in [0.15, 0.2) is 0 Å². The van der Waals surface area contributed by atoms with Crippen molar-refractivity contribution < 1.29 is 9.53 Å². The molecule has 0 saturated carbocycles. The zero-order valence-electron chi connectivity index (χ0n) is 15.4. The number of thioether (sulfide) groups is 1. The third kappa shape index (κ3) is 4.68. The Hall–Kier alpha value is -1.18. The van der Waals surface area contributed by atoms with Crippen LogP contribution in [-0.4, -0.2) is 11.7 Å². The van der Waals surface area contributed by atoms with Gasteiger partial charge in [-0.2, -0.15) is 0 Å².